The second-order valence-electron chi connectivity index (χ2n) is 4.85. The minimum Gasteiger partial charge on any atom is -0.504 e. The number of hydrogen-bond acceptors (Lipinski definition) is 6. The van der Waals surface area contributed by atoms with Crippen LogP contribution in [0.2, 0.25) is 0 Å². The molecular formula is C17H14BrN3O2S. The number of hydrazone groups is 1. The lowest BCUT2D eigenvalue weighted by atomic mass is 10.2. The van der Waals surface area contributed by atoms with Crippen LogP contribution < -0.4 is 10.2 Å². The molecule has 24 heavy (non-hydrogen) atoms. The van der Waals surface area contributed by atoms with Crippen molar-refractivity contribution >= 4 is 38.6 Å². The van der Waals surface area contributed by atoms with Gasteiger partial charge in [-0.3, -0.25) is 5.43 Å². The van der Waals surface area contributed by atoms with Gasteiger partial charge in [-0.2, -0.15) is 5.10 Å². The van der Waals surface area contributed by atoms with E-state index in [9.17, 15) is 5.11 Å². The molecule has 0 spiro atoms. The van der Waals surface area contributed by atoms with Gasteiger partial charge < -0.3 is 9.84 Å². The lowest BCUT2D eigenvalue weighted by Crippen LogP contribution is -1.91. The minimum atomic E-state index is 0.0988. The highest BCUT2D eigenvalue weighted by Gasteiger charge is 2.04. The molecular weight excluding hydrogens is 390 g/mol. The predicted molar refractivity (Wildman–Crippen MR) is 101 cm³/mol. The molecule has 0 amide bonds. The molecule has 1 aromatic heterocycles. The van der Waals surface area contributed by atoms with E-state index in [4.69, 9.17) is 4.74 Å². The number of benzene rings is 2. The van der Waals surface area contributed by atoms with Crippen molar-refractivity contribution < 1.29 is 9.84 Å². The second kappa shape index (κ2) is 7.46. The molecule has 0 saturated carbocycles. The number of methoxy groups -OCH3 is 1. The van der Waals surface area contributed by atoms with Crippen LogP contribution in [0.25, 0.3) is 11.3 Å². The third-order valence-corrected chi connectivity index (χ3v) is 4.50. The monoisotopic (exact) mass is 403 g/mol. The van der Waals surface area contributed by atoms with Crippen LogP contribution in [0.5, 0.6) is 11.5 Å². The average molecular weight is 404 g/mol. The van der Waals surface area contributed by atoms with Crippen molar-refractivity contribution in [3.8, 4) is 22.8 Å². The Kier molecular flexibility index (Phi) is 5.12. The molecule has 122 valence electrons. The SMILES string of the molecule is COc1cc(/C=N/Nc2nc(-c3ccc(Br)cc3)cs2)ccc1O. The molecule has 0 unspecified atom stereocenters. The van der Waals surface area contributed by atoms with Crippen molar-refractivity contribution in [3.05, 3.63) is 57.9 Å². The van der Waals surface area contributed by atoms with Crippen LogP contribution in [0.15, 0.2) is 57.4 Å². The molecule has 0 bridgehead atoms. The van der Waals surface area contributed by atoms with E-state index < -0.39 is 0 Å². The van der Waals surface area contributed by atoms with E-state index in [1.54, 1.807) is 24.4 Å². The number of aromatic hydroxyl groups is 1. The fourth-order valence-corrected chi connectivity index (χ4v) is 2.95. The fraction of sp³-hybridized carbons (Fsp3) is 0.0588. The van der Waals surface area contributed by atoms with Crippen molar-refractivity contribution in [1.82, 2.24) is 4.98 Å². The zero-order valence-corrected chi connectivity index (χ0v) is 15.1. The van der Waals surface area contributed by atoms with Gasteiger partial charge in [-0.05, 0) is 35.9 Å². The Morgan fingerprint density at radius 2 is 2.04 bits per heavy atom. The first kappa shape index (κ1) is 16.5. The number of ether oxygens (including phenoxy) is 1. The van der Waals surface area contributed by atoms with Crippen LogP contribution in [0.3, 0.4) is 0 Å². The molecule has 0 aliphatic carbocycles. The summed E-state index contributed by atoms with van der Waals surface area (Å²) in [7, 11) is 1.51. The Hall–Kier alpha value is -2.38. The number of anilines is 1. The average Bonchev–Trinajstić information content (AvgIpc) is 3.06. The van der Waals surface area contributed by atoms with Crippen LogP contribution in [0, 0.1) is 0 Å². The van der Waals surface area contributed by atoms with E-state index in [1.165, 1.54) is 18.4 Å². The van der Waals surface area contributed by atoms with Crippen LogP contribution in [0.1, 0.15) is 5.56 Å². The van der Waals surface area contributed by atoms with Gasteiger partial charge in [-0.25, -0.2) is 4.98 Å². The summed E-state index contributed by atoms with van der Waals surface area (Å²) in [5, 5.41) is 16.4. The van der Waals surface area contributed by atoms with Gasteiger partial charge in [0.25, 0.3) is 0 Å². The zero-order valence-electron chi connectivity index (χ0n) is 12.7. The number of hydrogen-bond donors (Lipinski definition) is 2. The Balaban J connectivity index is 1.68. The van der Waals surface area contributed by atoms with Crippen LogP contribution in [-0.4, -0.2) is 23.4 Å². The fourth-order valence-electron chi connectivity index (χ4n) is 2.01. The number of phenolic OH excluding ortho intramolecular Hbond substituents is 1. The highest BCUT2D eigenvalue weighted by Crippen LogP contribution is 2.27. The third-order valence-electron chi connectivity index (χ3n) is 3.22. The summed E-state index contributed by atoms with van der Waals surface area (Å²) < 4.78 is 6.10. The van der Waals surface area contributed by atoms with E-state index in [1.807, 2.05) is 29.6 Å². The summed E-state index contributed by atoms with van der Waals surface area (Å²) in [5.41, 5.74) is 5.67. The van der Waals surface area contributed by atoms with Gasteiger partial charge in [0.15, 0.2) is 11.5 Å². The van der Waals surface area contributed by atoms with Gasteiger partial charge in [-0.1, -0.05) is 28.1 Å². The topological polar surface area (TPSA) is 66.7 Å². The standard InChI is InChI=1S/C17H14BrN3O2S/c1-23-16-8-11(2-7-15(16)22)9-19-21-17-20-14(10-24-17)12-3-5-13(18)6-4-12/h2-10,22H,1H3,(H,20,21)/b19-9+. The Morgan fingerprint density at radius 1 is 1.25 bits per heavy atom. The van der Waals surface area contributed by atoms with Crippen molar-refractivity contribution in [2.45, 2.75) is 0 Å². The smallest absolute Gasteiger partial charge is 0.203 e. The Labute approximate surface area is 151 Å². The number of halogens is 1. The van der Waals surface area contributed by atoms with Gasteiger partial charge in [-0.15, -0.1) is 11.3 Å². The molecule has 2 aromatic carbocycles. The maximum atomic E-state index is 9.57. The van der Waals surface area contributed by atoms with Crippen LogP contribution >= 0.6 is 27.3 Å². The zero-order chi connectivity index (χ0) is 16.9. The first-order valence-corrected chi connectivity index (χ1v) is 8.70. The Bertz CT molecular complexity index is 863. The molecule has 0 radical (unpaired) electrons. The Morgan fingerprint density at radius 3 is 2.79 bits per heavy atom. The number of phenols is 1. The van der Waals surface area contributed by atoms with Gasteiger partial charge in [0, 0.05) is 15.4 Å². The molecule has 0 aliphatic heterocycles. The molecule has 5 nitrogen and oxygen atoms in total. The van der Waals surface area contributed by atoms with E-state index in [0.717, 1.165) is 21.3 Å². The largest absolute Gasteiger partial charge is 0.504 e. The summed E-state index contributed by atoms with van der Waals surface area (Å²) in [6, 6.07) is 13.0. The molecule has 0 fully saturated rings. The number of aromatic nitrogens is 1. The van der Waals surface area contributed by atoms with Gasteiger partial charge in [0.2, 0.25) is 5.13 Å². The maximum absolute atomic E-state index is 9.57. The van der Waals surface area contributed by atoms with E-state index in [-0.39, 0.29) is 5.75 Å². The molecule has 2 N–H and O–H groups in total. The molecule has 0 atom stereocenters. The van der Waals surface area contributed by atoms with Crippen LogP contribution in [0.4, 0.5) is 5.13 Å². The van der Waals surface area contributed by atoms with Gasteiger partial charge >= 0.3 is 0 Å². The molecule has 0 saturated heterocycles. The number of nitrogens with one attached hydrogen (secondary N) is 1. The maximum Gasteiger partial charge on any atom is 0.203 e. The first-order valence-electron chi connectivity index (χ1n) is 7.03. The summed E-state index contributed by atoms with van der Waals surface area (Å²) >= 11 is 4.90. The van der Waals surface area contributed by atoms with Crippen molar-refractivity contribution in [2.75, 3.05) is 12.5 Å². The number of nitrogens with zero attached hydrogens (tertiary/aromatic N) is 2. The molecule has 3 aromatic rings. The van der Waals surface area contributed by atoms with Gasteiger partial charge in [0.05, 0.1) is 19.0 Å². The lowest BCUT2D eigenvalue weighted by Gasteiger charge is -2.03. The summed E-state index contributed by atoms with van der Waals surface area (Å²) in [5.74, 6) is 0.507. The molecule has 1 heterocycles. The highest BCUT2D eigenvalue weighted by atomic mass is 79.9. The normalized spacial score (nSPS) is 10.9. The van der Waals surface area contributed by atoms with Gasteiger partial charge in [0.1, 0.15) is 0 Å². The quantitative estimate of drug-likeness (QED) is 0.477. The van der Waals surface area contributed by atoms with E-state index >= 15 is 0 Å². The third kappa shape index (κ3) is 3.93. The van der Waals surface area contributed by atoms with Crippen LogP contribution in [-0.2, 0) is 0 Å². The molecule has 3 rings (SSSR count). The second-order valence-corrected chi connectivity index (χ2v) is 6.62. The minimum absolute atomic E-state index is 0.0988. The van der Waals surface area contributed by atoms with Crippen molar-refractivity contribution in [3.63, 3.8) is 0 Å². The summed E-state index contributed by atoms with van der Waals surface area (Å²) in [6.07, 6.45) is 1.64. The summed E-state index contributed by atoms with van der Waals surface area (Å²) in [6.45, 7) is 0. The van der Waals surface area contributed by atoms with E-state index in [0.29, 0.717) is 10.9 Å². The van der Waals surface area contributed by atoms with Crippen molar-refractivity contribution in [2.24, 2.45) is 5.10 Å². The molecule has 0 aliphatic rings. The highest BCUT2D eigenvalue weighted by molar-refractivity contribution is 9.10. The number of thiazole rings is 1. The first-order chi connectivity index (χ1) is 11.7. The lowest BCUT2D eigenvalue weighted by molar-refractivity contribution is 0.373. The number of rotatable bonds is 5. The molecule has 7 heteroatoms. The van der Waals surface area contributed by atoms with Crippen molar-refractivity contribution in [1.29, 1.82) is 0 Å². The predicted octanol–water partition coefficient (Wildman–Crippen LogP) is 4.73. The summed E-state index contributed by atoms with van der Waals surface area (Å²) in [4.78, 5) is 4.50. The van der Waals surface area contributed by atoms with E-state index in [2.05, 4.69) is 31.4 Å².